The van der Waals surface area contributed by atoms with Crippen molar-refractivity contribution < 1.29 is 18.7 Å². The smallest absolute Gasteiger partial charge is 0.340 e. The highest BCUT2D eigenvalue weighted by atomic mass is 32.1. The van der Waals surface area contributed by atoms with Gasteiger partial charge >= 0.3 is 5.97 Å². The lowest BCUT2D eigenvalue weighted by atomic mass is 10.1. The first kappa shape index (κ1) is 17.8. The molecule has 0 radical (unpaired) electrons. The number of para-hydroxylation sites is 1. The molecule has 0 aliphatic rings. The summed E-state index contributed by atoms with van der Waals surface area (Å²) in [7, 11) is 1.60. The summed E-state index contributed by atoms with van der Waals surface area (Å²) in [5.74, 6) is -1.26. The van der Waals surface area contributed by atoms with E-state index in [0.29, 0.717) is 16.1 Å². The van der Waals surface area contributed by atoms with Gasteiger partial charge in [-0.2, -0.15) is 0 Å². The van der Waals surface area contributed by atoms with Gasteiger partial charge in [-0.1, -0.05) is 36.4 Å². The molecule has 4 nitrogen and oxygen atoms in total. The molecule has 3 rings (SSSR count). The zero-order chi connectivity index (χ0) is 18.5. The van der Waals surface area contributed by atoms with Gasteiger partial charge in [0.1, 0.15) is 12.4 Å². The molecule has 0 saturated heterocycles. The minimum Gasteiger partial charge on any atom is -0.457 e. The molecule has 3 aromatic rings. The summed E-state index contributed by atoms with van der Waals surface area (Å²) in [6, 6.07) is 16.3. The third kappa shape index (κ3) is 3.81. The molecule has 1 heterocycles. The SMILES string of the molecule is CN(C(=O)c1cccs1)c1ccccc1C(=O)OCc1ccccc1F. The molecular formula is C20H16FNO3S. The van der Waals surface area contributed by atoms with Crippen molar-refractivity contribution in [3.8, 4) is 0 Å². The van der Waals surface area contributed by atoms with Crippen molar-refractivity contribution in [1.29, 1.82) is 0 Å². The number of halogens is 1. The third-order valence-corrected chi connectivity index (χ3v) is 4.70. The summed E-state index contributed by atoms with van der Waals surface area (Å²) < 4.78 is 18.9. The summed E-state index contributed by atoms with van der Waals surface area (Å²) >= 11 is 1.33. The summed E-state index contributed by atoms with van der Waals surface area (Å²) in [4.78, 5) is 27.0. The monoisotopic (exact) mass is 369 g/mol. The van der Waals surface area contributed by atoms with Crippen LogP contribution in [0.25, 0.3) is 0 Å². The van der Waals surface area contributed by atoms with E-state index in [2.05, 4.69) is 0 Å². The molecule has 0 N–H and O–H groups in total. The lowest BCUT2D eigenvalue weighted by Crippen LogP contribution is -2.27. The Bertz CT molecular complexity index is 924. The number of benzene rings is 2. The lowest BCUT2D eigenvalue weighted by molar-refractivity contribution is 0.0470. The maximum absolute atomic E-state index is 13.7. The Balaban J connectivity index is 1.79. The highest BCUT2D eigenvalue weighted by Gasteiger charge is 2.21. The van der Waals surface area contributed by atoms with Gasteiger partial charge in [0, 0.05) is 12.6 Å². The Kier molecular flexibility index (Phi) is 5.43. The number of amides is 1. The molecule has 0 aliphatic carbocycles. The molecule has 2 aromatic carbocycles. The molecule has 0 unspecified atom stereocenters. The fraction of sp³-hybridized carbons (Fsp3) is 0.100. The van der Waals surface area contributed by atoms with E-state index in [9.17, 15) is 14.0 Å². The number of carbonyl (C=O) groups is 2. The van der Waals surface area contributed by atoms with Crippen LogP contribution >= 0.6 is 11.3 Å². The normalized spacial score (nSPS) is 10.4. The van der Waals surface area contributed by atoms with Crippen molar-refractivity contribution in [2.75, 3.05) is 11.9 Å². The van der Waals surface area contributed by atoms with Crippen LogP contribution in [0.15, 0.2) is 66.0 Å². The molecule has 0 saturated carbocycles. The molecule has 0 atom stereocenters. The second kappa shape index (κ2) is 7.93. The molecule has 0 aliphatic heterocycles. The standard InChI is InChI=1S/C20H16FNO3S/c1-22(19(23)18-11-6-12-26-18)17-10-5-3-8-15(17)20(24)25-13-14-7-2-4-9-16(14)21/h2-12H,13H2,1H3. The maximum atomic E-state index is 13.7. The van der Waals surface area contributed by atoms with Crippen LogP contribution < -0.4 is 4.90 Å². The van der Waals surface area contributed by atoms with Crippen LogP contribution in [-0.4, -0.2) is 18.9 Å². The van der Waals surface area contributed by atoms with E-state index in [4.69, 9.17) is 4.74 Å². The van der Waals surface area contributed by atoms with E-state index < -0.39 is 11.8 Å². The van der Waals surface area contributed by atoms with Crippen LogP contribution in [0.1, 0.15) is 25.6 Å². The minimum absolute atomic E-state index is 0.178. The van der Waals surface area contributed by atoms with Gasteiger partial charge in [-0.15, -0.1) is 11.3 Å². The summed E-state index contributed by atoms with van der Waals surface area (Å²) in [5.41, 5.74) is 0.974. The summed E-state index contributed by atoms with van der Waals surface area (Å²) in [6.45, 7) is -0.178. The zero-order valence-electron chi connectivity index (χ0n) is 14.0. The first-order valence-corrected chi connectivity index (χ1v) is 8.77. The first-order valence-electron chi connectivity index (χ1n) is 7.89. The number of nitrogens with zero attached hydrogens (tertiary/aromatic N) is 1. The second-order valence-corrected chi connectivity index (χ2v) is 6.47. The van der Waals surface area contributed by atoms with Crippen LogP contribution in [0.5, 0.6) is 0 Å². The van der Waals surface area contributed by atoms with Crippen molar-refractivity contribution in [2.45, 2.75) is 6.61 Å². The van der Waals surface area contributed by atoms with E-state index in [-0.39, 0.29) is 18.1 Å². The Morgan fingerprint density at radius 2 is 1.77 bits per heavy atom. The number of anilines is 1. The van der Waals surface area contributed by atoms with Crippen LogP contribution in [0.3, 0.4) is 0 Å². The predicted molar refractivity (Wildman–Crippen MR) is 99.0 cm³/mol. The highest BCUT2D eigenvalue weighted by molar-refractivity contribution is 7.12. The number of rotatable bonds is 5. The van der Waals surface area contributed by atoms with Gasteiger partial charge in [-0.05, 0) is 29.6 Å². The Morgan fingerprint density at radius 1 is 1.04 bits per heavy atom. The van der Waals surface area contributed by atoms with Crippen molar-refractivity contribution >= 4 is 28.9 Å². The Labute approximate surface area is 154 Å². The van der Waals surface area contributed by atoms with Gasteiger partial charge in [0.15, 0.2) is 0 Å². The fourth-order valence-corrected chi connectivity index (χ4v) is 3.15. The van der Waals surface area contributed by atoms with Gasteiger partial charge in [-0.3, -0.25) is 4.79 Å². The second-order valence-electron chi connectivity index (χ2n) is 5.53. The van der Waals surface area contributed by atoms with Crippen LogP contribution in [0, 0.1) is 5.82 Å². The van der Waals surface area contributed by atoms with E-state index in [1.807, 2.05) is 5.38 Å². The largest absolute Gasteiger partial charge is 0.457 e. The molecule has 1 aromatic heterocycles. The number of esters is 1. The molecule has 132 valence electrons. The number of thiophene rings is 1. The van der Waals surface area contributed by atoms with Gasteiger partial charge in [-0.25, -0.2) is 9.18 Å². The molecule has 1 amide bonds. The summed E-state index contributed by atoms with van der Waals surface area (Å²) in [5, 5.41) is 1.82. The molecule has 26 heavy (non-hydrogen) atoms. The maximum Gasteiger partial charge on any atom is 0.340 e. The van der Waals surface area contributed by atoms with Crippen molar-refractivity contribution in [1.82, 2.24) is 0 Å². The summed E-state index contributed by atoms with van der Waals surface area (Å²) in [6.07, 6.45) is 0. The Morgan fingerprint density at radius 3 is 2.50 bits per heavy atom. The molecule has 0 fully saturated rings. The average Bonchev–Trinajstić information content (AvgIpc) is 3.20. The van der Waals surface area contributed by atoms with Crippen LogP contribution in [-0.2, 0) is 11.3 Å². The van der Waals surface area contributed by atoms with Gasteiger partial charge in [0.2, 0.25) is 0 Å². The van der Waals surface area contributed by atoms with E-state index >= 15 is 0 Å². The Hall–Kier alpha value is -2.99. The fourth-order valence-electron chi connectivity index (χ4n) is 2.45. The molecular weight excluding hydrogens is 353 g/mol. The average molecular weight is 369 g/mol. The number of hydrogen-bond acceptors (Lipinski definition) is 4. The molecule has 6 heteroatoms. The lowest BCUT2D eigenvalue weighted by Gasteiger charge is -2.19. The van der Waals surface area contributed by atoms with Gasteiger partial charge in [0.05, 0.1) is 16.1 Å². The van der Waals surface area contributed by atoms with Crippen molar-refractivity contribution in [3.05, 3.63) is 87.9 Å². The predicted octanol–water partition coefficient (Wildman–Crippen LogP) is 4.52. The van der Waals surface area contributed by atoms with E-state index in [1.54, 1.807) is 61.6 Å². The first-order chi connectivity index (χ1) is 12.6. The van der Waals surface area contributed by atoms with Crippen molar-refractivity contribution in [2.24, 2.45) is 0 Å². The quantitative estimate of drug-likeness (QED) is 0.621. The topological polar surface area (TPSA) is 46.6 Å². The van der Waals surface area contributed by atoms with E-state index in [0.717, 1.165) is 0 Å². The number of carbonyl (C=O) groups excluding carboxylic acids is 2. The van der Waals surface area contributed by atoms with Crippen LogP contribution in [0.4, 0.5) is 10.1 Å². The minimum atomic E-state index is -0.616. The molecule has 0 bridgehead atoms. The van der Waals surface area contributed by atoms with Crippen LogP contribution in [0.2, 0.25) is 0 Å². The third-order valence-electron chi connectivity index (χ3n) is 3.84. The molecule has 0 spiro atoms. The number of ether oxygens (including phenoxy) is 1. The van der Waals surface area contributed by atoms with E-state index in [1.165, 1.54) is 22.3 Å². The highest BCUT2D eigenvalue weighted by Crippen LogP contribution is 2.24. The van der Waals surface area contributed by atoms with Gasteiger partial charge in [0.25, 0.3) is 5.91 Å². The zero-order valence-corrected chi connectivity index (χ0v) is 14.8. The van der Waals surface area contributed by atoms with Gasteiger partial charge < -0.3 is 9.64 Å². The number of hydrogen-bond donors (Lipinski definition) is 0. The van der Waals surface area contributed by atoms with Crippen molar-refractivity contribution in [3.63, 3.8) is 0 Å².